The van der Waals surface area contributed by atoms with Gasteiger partial charge in [0.1, 0.15) is 6.04 Å². The van der Waals surface area contributed by atoms with Crippen molar-refractivity contribution in [2.24, 2.45) is 5.92 Å². The zero-order valence-electron chi connectivity index (χ0n) is 19.2. The van der Waals surface area contributed by atoms with Crippen LogP contribution in [-0.2, 0) is 9.59 Å². The standard InChI is InChI=1S/C27H30N2O4/c1-18(2)15-24(29-14-7-6-13-25(29)30)27(33)28-23(17-26(31)32)21-11-8-10-20(16-21)22-12-5-4-9-19(22)3/h4-14,16,18,23-24H,15,17H2,1-3H3,(H,28,33)(H,31,32)/t23-,24-/m0/s1. The normalized spacial score (nSPS) is 12.8. The largest absolute Gasteiger partial charge is 0.481 e. The zero-order chi connectivity index (χ0) is 24.0. The van der Waals surface area contributed by atoms with E-state index in [0.29, 0.717) is 12.0 Å². The summed E-state index contributed by atoms with van der Waals surface area (Å²) in [5.41, 5.74) is 3.54. The van der Waals surface area contributed by atoms with Crippen molar-refractivity contribution in [1.29, 1.82) is 0 Å². The van der Waals surface area contributed by atoms with Gasteiger partial charge in [0, 0.05) is 12.3 Å². The fourth-order valence-electron chi connectivity index (χ4n) is 4.01. The van der Waals surface area contributed by atoms with Crippen LogP contribution in [0, 0.1) is 12.8 Å². The lowest BCUT2D eigenvalue weighted by Crippen LogP contribution is -2.39. The van der Waals surface area contributed by atoms with E-state index in [1.165, 1.54) is 10.6 Å². The highest BCUT2D eigenvalue weighted by atomic mass is 16.4. The molecular weight excluding hydrogens is 416 g/mol. The Bertz CT molecular complexity index is 1180. The Hall–Kier alpha value is -3.67. The third-order valence-corrected chi connectivity index (χ3v) is 5.62. The number of rotatable bonds is 9. The van der Waals surface area contributed by atoms with Gasteiger partial charge in [-0.2, -0.15) is 0 Å². The van der Waals surface area contributed by atoms with Crippen LogP contribution in [0.25, 0.3) is 11.1 Å². The van der Waals surface area contributed by atoms with Crippen LogP contribution >= 0.6 is 0 Å². The molecule has 2 N–H and O–H groups in total. The van der Waals surface area contributed by atoms with Crippen molar-refractivity contribution in [2.45, 2.75) is 45.7 Å². The second-order valence-corrected chi connectivity index (χ2v) is 8.69. The smallest absolute Gasteiger partial charge is 0.305 e. The number of amides is 1. The lowest BCUT2D eigenvalue weighted by molar-refractivity contribution is -0.138. The van der Waals surface area contributed by atoms with Crippen LogP contribution in [0.5, 0.6) is 0 Å². The van der Waals surface area contributed by atoms with Crippen LogP contribution in [0.15, 0.2) is 77.7 Å². The Labute approximate surface area is 193 Å². The highest BCUT2D eigenvalue weighted by Crippen LogP contribution is 2.28. The SMILES string of the molecule is Cc1ccccc1-c1cccc([C@H](CC(=O)O)NC(=O)[C@H](CC(C)C)n2ccccc2=O)c1. The van der Waals surface area contributed by atoms with E-state index in [9.17, 15) is 19.5 Å². The maximum absolute atomic E-state index is 13.3. The van der Waals surface area contributed by atoms with Gasteiger partial charge in [-0.1, -0.05) is 62.4 Å². The predicted molar refractivity (Wildman–Crippen MR) is 129 cm³/mol. The van der Waals surface area contributed by atoms with E-state index in [1.54, 1.807) is 18.3 Å². The maximum atomic E-state index is 13.3. The van der Waals surface area contributed by atoms with Crippen molar-refractivity contribution < 1.29 is 14.7 Å². The molecule has 2 aromatic carbocycles. The van der Waals surface area contributed by atoms with Gasteiger partial charge in [0.25, 0.3) is 5.56 Å². The molecule has 0 bridgehead atoms. The van der Waals surface area contributed by atoms with Crippen molar-refractivity contribution in [1.82, 2.24) is 9.88 Å². The number of carbonyl (C=O) groups excluding carboxylic acids is 1. The number of nitrogens with one attached hydrogen (secondary N) is 1. The lowest BCUT2D eigenvalue weighted by atomic mass is 9.95. The van der Waals surface area contributed by atoms with Crippen molar-refractivity contribution in [3.63, 3.8) is 0 Å². The molecule has 0 saturated carbocycles. The first-order valence-corrected chi connectivity index (χ1v) is 11.1. The number of carboxylic acid groups (broad SMARTS) is 1. The van der Waals surface area contributed by atoms with Gasteiger partial charge in [0.05, 0.1) is 12.5 Å². The molecule has 0 aliphatic carbocycles. The summed E-state index contributed by atoms with van der Waals surface area (Å²) in [6, 6.07) is 18.8. The van der Waals surface area contributed by atoms with E-state index < -0.39 is 18.1 Å². The Kier molecular flexibility index (Phi) is 7.83. The number of aromatic nitrogens is 1. The number of aryl methyl sites for hydroxylation is 1. The number of nitrogens with zero attached hydrogens (tertiary/aromatic N) is 1. The number of carboxylic acids is 1. The van der Waals surface area contributed by atoms with E-state index in [4.69, 9.17) is 0 Å². The third kappa shape index (κ3) is 6.19. The van der Waals surface area contributed by atoms with Crippen molar-refractivity contribution in [3.05, 3.63) is 94.4 Å². The Morgan fingerprint density at radius 2 is 1.73 bits per heavy atom. The number of benzene rings is 2. The van der Waals surface area contributed by atoms with E-state index in [-0.39, 0.29) is 23.8 Å². The molecule has 0 saturated heterocycles. The van der Waals surface area contributed by atoms with Gasteiger partial charge < -0.3 is 15.0 Å². The molecule has 1 heterocycles. The minimum absolute atomic E-state index is 0.162. The van der Waals surface area contributed by atoms with Gasteiger partial charge in [0.15, 0.2) is 0 Å². The maximum Gasteiger partial charge on any atom is 0.305 e. The highest BCUT2D eigenvalue weighted by Gasteiger charge is 2.26. The van der Waals surface area contributed by atoms with Crippen LogP contribution in [0.4, 0.5) is 0 Å². The van der Waals surface area contributed by atoms with E-state index >= 15 is 0 Å². The molecule has 1 aromatic heterocycles. The van der Waals surface area contributed by atoms with Crippen LogP contribution in [-0.4, -0.2) is 21.6 Å². The number of pyridine rings is 1. The van der Waals surface area contributed by atoms with Crippen molar-refractivity contribution >= 4 is 11.9 Å². The Balaban J connectivity index is 1.95. The van der Waals surface area contributed by atoms with E-state index in [2.05, 4.69) is 5.32 Å². The number of hydrogen-bond acceptors (Lipinski definition) is 3. The molecule has 3 aromatic rings. The molecular formula is C27H30N2O4. The van der Waals surface area contributed by atoms with Crippen LogP contribution in [0.3, 0.4) is 0 Å². The Morgan fingerprint density at radius 3 is 2.39 bits per heavy atom. The first-order valence-electron chi connectivity index (χ1n) is 11.1. The molecule has 0 aliphatic rings. The Morgan fingerprint density at radius 1 is 1.00 bits per heavy atom. The van der Waals surface area contributed by atoms with E-state index in [1.807, 2.05) is 69.3 Å². The number of carbonyl (C=O) groups is 2. The lowest BCUT2D eigenvalue weighted by Gasteiger charge is -2.25. The third-order valence-electron chi connectivity index (χ3n) is 5.62. The van der Waals surface area contributed by atoms with Gasteiger partial charge in [-0.25, -0.2) is 0 Å². The number of hydrogen-bond donors (Lipinski definition) is 2. The topological polar surface area (TPSA) is 88.4 Å². The predicted octanol–water partition coefficient (Wildman–Crippen LogP) is 4.74. The molecule has 3 rings (SSSR count). The van der Waals surface area contributed by atoms with Gasteiger partial charge in [-0.3, -0.25) is 14.4 Å². The van der Waals surface area contributed by atoms with Crippen molar-refractivity contribution in [2.75, 3.05) is 0 Å². The minimum atomic E-state index is -1.01. The number of aliphatic carboxylic acids is 1. The summed E-state index contributed by atoms with van der Waals surface area (Å²) in [5, 5.41) is 12.4. The van der Waals surface area contributed by atoms with Gasteiger partial charge in [0.2, 0.25) is 5.91 Å². The van der Waals surface area contributed by atoms with Crippen LogP contribution < -0.4 is 10.9 Å². The fourth-order valence-corrected chi connectivity index (χ4v) is 4.01. The first kappa shape index (κ1) is 24.0. The van der Waals surface area contributed by atoms with Crippen LogP contribution in [0.1, 0.15) is 49.9 Å². The summed E-state index contributed by atoms with van der Waals surface area (Å²) in [5.74, 6) is -1.22. The summed E-state index contributed by atoms with van der Waals surface area (Å²) in [7, 11) is 0. The molecule has 172 valence electrons. The van der Waals surface area contributed by atoms with Gasteiger partial charge in [-0.05, 0) is 53.6 Å². The summed E-state index contributed by atoms with van der Waals surface area (Å²) < 4.78 is 1.41. The average Bonchev–Trinajstić information content (AvgIpc) is 2.77. The van der Waals surface area contributed by atoms with Crippen molar-refractivity contribution in [3.8, 4) is 11.1 Å². The van der Waals surface area contributed by atoms with Gasteiger partial charge in [-0.15, -0.1) is 0 Å². The molecule has 33 heavy (non-hydrogen) atoms. The molecule has 2 atom stereocenters. The quantitative estimate of drug-likeness (QED) is 0.497. The average molecular weight is 447 g/mol. The monoisotopic (exact) mass is 446 g/mol. The second kappa shape index (κ2) is 10.8. The molecule has 0 radical (unpaired) electrons. The van der Waals surface area contributed by atoms with Gasteiger partial charge >= 0.3 is 5.97 Å². The minimum Gasteiger partial charge on any atom is -0.481 e. The summed E-state index contributed by atoms with van der Waals surface area (Å²) in [6.07, 6.45) is 1.79. The zero-order valence-corrected chi connectivity index (χ0v) is 19.2. The molecule has 1 amide bonds. The summed E-state index contributed by atoms with van der Waals surface area (Å²) in [4.78, 5) is 37.4. The second-order valence-electron chi connectivity index (χ2n) is 8.69. The molecule has 0 unspecified atom stereocenters. The first-order chi connectivity index (χ1) is 15.8. The molecule has 0 fully saturated rings. The molecule has 0 aliphatic heterocycles. The molecule has 6 heteroatoms. The van der Waals surface area contributed by atoms with E-state index in [0.717, 1.165) is 16.7 Å². The van der Waals surface area contributed by atoms with Crippen LogP contribution in [0.2, 0.25) is 0 Å². The fraction of sp³-hybridized carbons (Fsp3) is 0.296. The highest BCUT2D eigenvalue weighted by molar-refractivity contribution is 5.82. The molecule has 6 nitrogen and oxygen atoms in total. The summed E-state index contributed by atoms with van der Waals surface area (Å²) >= 11 is 0. The summed E-state index contributed by atoms with van der Waals surface area (Å²) in [6.45, 7) is 5.98. The molecule has 0 spiro atoms.